The molecule has 1 atom stereocenters. The van der Waals surface area contributed by atoms with Gasteiger partial charge < -0.3 is 14.2 Å². The minimum absolute atomic E-state index is 0.0658. The Balaban J connectivity index is 4.13. The number of ether oxygens (including phenoxy) is 3. The zero-order chi connectivity index (χ0) is 47.9. The second-order valence-corrected chi connectivity index (χ2v) is 20.3. The predicted molar refractivity (Wildman–Crippen MR) is 284 cm³/mol. The average Bonchev–Trinajstić information content (AvgIpc) is 3.31. The molecule has 0 aliphatic rings. The first-order valence-electron chi connectivity index (χ1n) is 29.7. The van der Waals surface area contributed by atoms with Gasteiger partial charge in [0, 0.05) is 19.3 Å². The molecule has 390 valence electrons. The molecular weight excluding hydrogens is 817 g/mol. The van der Waals surface area contributed by atoms with Crippen LogP contribution < -0.4 is 0 Å². The van der Waals surface area contributed by atoms with E-state index in [-0.39, 0.29) is 31.1 Å². The summed E-state index contributed by atoms with van der Waals surface area (Å²) in [5.74, 6) is -0.851. The van der Waals surface area contributed by atoms with Gasteiger partial charge in [-0.1, -0.05) is 283 Å². The predicted octanol–water partition coefficient (Wildman–Crippen LogP) is 19.7. The Hall–Kier alpha value is -1.85. The summed E-state index contributed by atoms with van der Waals surface area (Å²) in [4.78, 5) is 38.0. The minimum atomic E-state index is -0.764. The fourth-order valence-electron chi connectivity index (χ4n) is 9.03. The van der Waals surface area contributed by atoms with Crippen LogP contribution >= 0.6 is 0 Å². The lowest BCUT2D eigenvalue weighted by molar-refractivity contribution is -0.167. The van der Waals surface area contributed by atoms with E-state index in [9.17, 15) is 14.4 Å². The first-order valence-corrected chi connectivity index (χ1v) is 29.7. The molecule has 0 amide bonds. The van der Waals surface area contributed by atoms with Crippen LogP contribution in [0, 0.1) is 0 Å². The fourth-order valence-corrected chi connectivity index (χ4v) is 9.03. The number of hydrogen-bond acceptors (Lipinski definition) is 6. The van der Waals surface area contributed by atoms with Crippen molar-refractivity contribution in [1.29, 1.82) is 0 Å². The van der Waals surface area contributed by atoms with Crippen molar-refractivity contribution in [1.82, 2.24) is 0 Å². The number of rotatable bonds is 55. The molecular formula is C60H114O6. The summed E-state index contributed by atoms with van der Waals surface area (Å²) in [6, 6.07) is 0. The SMILES string of the molecule is CCCCCCCCCC/C=C\CCCCCCCCCCCC(=O)OCC(COC(=O)CCCCCCCCC)OC(=O)CCCCCCCCCCCCCCCCCCCCCC. The van der Waals surface area contributed by atoms with Gasteiger partial charge in [-0.25, -0.2) is 0 Å². The molecule has 1 unspecified atom stereocenters. The van der Waals surface area contributed by atoms with Crippen molar-refractivity contribution in [2.45, 2.75) is 341 Å². The molecule has 0 saturated carbocycles. The van der Waals surface area contributed by atoms with Gasteiger partial charge in [0.25, 0.3) is 0 Å². The van der Waals surface area contributed by atoms with Crippen molar-refractivity contribution in [2.75, 3.05) is 13.2 Å². The molecule has 0 aliphatic carbocycles. The molecule has 6 nitrogen and oxygen atoms in total. The lowest BCUT2D eigenvalue weighted by Gasteiger charge is -2.18. The van der Waals surface area contributed by atoms with Crippen LogP contribution in [0.3, 0.4) is 0 Å². The van der Waals surface area contributed by atoms with E-state index in [2.05, 4.69) is 32.9 Å². The highest BCUT2D eigenvalue weighted by molar-refractivity contribution is 5.71. The van der Waals surface area contributed by atoms with Crippen molar-refractivity contribution in [3.63, 3.8) is 0 Å². The largest absolute Gasteiger partial charge is 0.462 e. The summed E-state index contributed by atoms with van der Waals surface area (Å²) in [7, 11) is 0. The molecule has 0 aliphatic heterocycles. The third-order valence-electron chi connectivity index (χ3n) is 13.5. The highest BCUT2D eigenvalue weighted by Gasteiger charge is 2.19. The third kappa shape index (κ3) is 53.1. The smallest absolute Gasteiger partial charge is 0.306 e. The van der Waals surface area contributed by atoms with E-state index in [4.69, 9.17) is 14.2 Å². The van der Waals surface area contributed by atoms with Crippen LogP contribution in [-0.4, -0.2) is 37.2 Å². The zero-order valence-corrected chi connectivity index (χ0v) is 44.7. The minimum Gasteiger partial charge on any atom is -0.462 e. The van der Waals surface area contributed by atoms with Crippen molar-refractivity contribution in [2.24, 2.45) is 0 Å². The summed E-state index contributed by atoms with van der Waals surface area (Å²) < 4.78 is 16.8. The Labute approximate surface area is 411 Å². The van der Waals surface area contributed by atoms with Crippen molar-refractivity contribution in [3.05, 3.63) is 12.2 Å². The van der Waals surface area contributed by atoms with E-state index in [1.165, 1.54) is 238 Å². The Morgan fingerprint density at radius 3 is 0.758 bits per heavy atom. The maximum absolute atomic E-state index is 12.8. The van der Waals surface area contributed by atoms with Gasteiger partial charge in [0.15, 0.2) is 6.10 Å². The van der Waals surface area contributed by atoms with Crippen LogP contribution in [0.4, 0.5) is 0 Å². The molecule has 0 spiro atoms. The van der Waals surface area contributed by atoms with Gasteiger partial charge in [-0.3, -0.25) is 14.4 Å². The number of carbonyl (C=O) groups is 3. The lowest BCUT2D eigenvalue weighted by Crippen LogP contribution is -2.30. The van der Waals surface area contributed by atoms with Gasteiger partial charge in [0.05, 0.1) is 0 Å². The molecule has 0 aromatic rings. The van der Waals surface area contributed by atoms with E-state index in [0.717, 1.165) is 57.8 Å². The third-order valence-corrected chi connectivity index (χ3v) is 13.5. The Bertz CT molecular complexity index is 1020. The summed E-state index contributed by atoms with van der Waals surface area (Å²) in [5, 5.41) is 0. The van der Waals surface area contributed by atoms with Gasteiger partial charge in [-0.2, -0.15) is 0 Å². The van der Waals surface area contributed by atoms with Crippen LogP contribution in [-0.2, 0) is 28.6 Å². The van der Waals surface area contributed by atoms with Crippen LogP contribution in [0.15, 0.2) is 12.2 Å². The van der Waals surface area contributed by atoms with Crippen LogP contribution in [0.2, 0.25) is 0 Å². The van der Waals surface area contributed by atoms with E-state index >= 15 is 0 Å². The monoisotopic (exact) mass is 931 g/mol. The molecule has 66 heavy (non-hydrogen) atoms. The van der Waals surface area contributed by atoms with Gasteiger partial charge in [-0.05, 0) is 44.9 Å². The molecule has 0 aromatic heterocycles. The molecule has 0 radical (unpaired) electrons. The average molecular weight is 932 g/mol. The van der Waals surface area contributed by atoms with Crippen molar-refractivity contribution < 1.29 is 28.6 Å². The van der Waals surface area contributed by atoms with E-state index in [1.54, 1.807) is 0 Å². The second kappa shape index (κ2) is 55.7. The van der Waals surface area contributed by atoms with E-state index in [1.807, 2.05) is 0 Å². The van der Waals surface area contributed by atoms with Gasteiger partial charge in [-0.15, -0.1) is 0 Å². The topological polar surface area (TPSA) is 78.9 Å². The Morgan fingerprint density at radius 1 is 0.288 bits per heavy atom. The van der Waals surface area contributed by atoms with Crippen molar-refractivity contribution in [3.8, 4) is 0 Å². The molecule has 0 heterocycles. The van der Waals surface area contributed by atoms with Crippen LogP contribution in [0.1, 0.15) is 335 Å². The first-order chi connectivity index (χ1) is 32.5. The molecule has 0 N–H and O–H groups in total. The van der Waals surface area contributed by atoms with Crippen LogP contribution in [0.5, 0.6) is 0 Å². The number of unbranched alkanes of at least 4 members (excludes halogenated alkanes) is 42. The number of allylic oxidation sites excluding steroid dienone is 2. The molecule has 0 fully saturated rings. The van der Waals surface area contributed by atoms with Gasteiger partial charge in [0.1, 0.15) is 13.2 Å². The Morgan fingerprint density at radius 2 is 0.500 bits per heavy atom. The Kier molecular flexibility index (Phi) is 54.2. The van der Waals surface area contributed by atoms with E-state index < -0.39 is 6.10 Å². The highest BCUT2D eigenvalue weighted by atomic mass is 16.6. The summed E-state index contributed by atoms with van der Waals surface area (Å²) in [6.45, 7) is 6.65. The maximum Gasteiger partial charge on any atom is 0.306 e. The summed E-state index contributed by atoms with van der Waals surface area (Å²) in [5.41, 5.74) is 0. The maximum atomic E-state index is 12.8. The quantitative estimate of drug-likeness (QED) is 0.0262. The standard InChI is InChI=1S/C60H114O6/c1-4-7-10-13-16-18-20-22-24-26-28-30-32-33-35-37-39-41-44-47-50-53-59(62)65-56-57(55-64-58(61)52-49-46-43-15-12-9-6-3)66-60(63)54-51-48-45-42-40-38-36-34-31-29-27-25-23-21-19-17-14-11-8-5-2/h26,28,57H,4-25,27,29-56H2,1-3H3/b28-26-. The summed E-state index contributed by atoms with van der Waals surface area (Å²) >= 11 is 0. The van der Waals surface area contributed by atoms with E-state index in [0.29, 0.717) is 19.3 Å². The normalized spacial score (nSPS) is 12.0. The van der Waals surface area contributed by atoms with Crippen LogP contribution in [0.25, 0.3) is 0 Å². The summed E-state index contributed by atoms with van der Waals surface area (Å²) in [6.07, 6.45) is 63.7. The zero-order valence-electron chi connectivity index (χ0n) is 44.7. The van der Waals surface area contributed by atoms with Gasteiger partial charge in [0.2, 0.25) is 0 Å². The molecule has 0 bridgehead atoms. The molecule has 0 aromatic carbocycles. The highest BCUT2D eigenvalue weighted by Crippen LogP contribution is 2.17. The lowest BCUT2D eigenvalue weighted by atomic mass is 10.0. The number of hydrogen-bond donors (Lipinski definition) is 0. The van der Waals surface area contributed by atoms with Gasteiger partial charge >= 0.3 is 17.9 Å². The number of esters is 3. The molecule has 0 rings (SSSR count). The molecule has 6 heteroatoms. The number of carbonyl (C=O) groups excluding carboxylic acids is 3. The van der Waals surface area contributed by atoms with Crippen molar-refractivity contribution >= 4 is 17.9 Å². The molecule has 0 saturated heterocycles. The fraction of sp³-hybridized carbons (Fsp3) is 0.917. The first kappa shape index (κ1) is 64.2. The second-order valence-electron chi connectivity index (χ2n) is 20.3.